The van der Waals surface area contributed by atoms with E-state index in [1.54, 1.807) is 11.3 Å². The molecule has 0 atom stereocenters. The number of thiophene rings is 1. The van der Waals surface area contributed by atoms with Crippen molar-refractivity contribution >= 4 is 28.9 Å². The fourth-order valence-corrected chi connectivity index (χ4v) is 2.38. The zero-order chi connectivity index (χ0) is 14.5. The molecule has 1 aromatic carbocycles. The number of amides is 1. The summed E-state index contributed by atoms with van der Waals surface area (Å²) in [6, 6.07) is 7.70. The Labute approximate surface area is 119 Å². The summed E-state index contributed by atoms with van der Waals surface area (Å²) >= 11 is 1.58. The van der Waals surface area contributed by atoms with Crippen molar-refractivity contribution < 1.29 is 19.8 Å². The number of rotatable bonds is 5. The number of phenolic OH excluding ortho intramolecular Hbond substituents is 1. The predicted octanol–water partition coefficient (Wildman–Crippen LogP) is 2.72. The molecule has 0 aliphatic rings. The first kappa shape index (κ1) is 14.1. The van der Waals surface area contributed by atoms with Gasteiger partial charge in [-0.2, -0.15) is 0 Å². The summed E-state index contributed by atoms with van der Waals surface area (Å²) in [5, 5.41) is 22.9. The third-order valence-electron chi connectivity index (χ3n) is 2.70. The summed E-state index contributed by atoms with van der Waals surface area (Å²) in [5.41, 5.74) is 0.185. The largest absolute Gasteiger partial charge is 0.506 e. The van der Waals surface area contributed by atoms with Gasteiger partial charge in [0.05, 0.1) is 11.3 Å². The number of nitrogens with one attached hydrogen (secondary N) is 1. The van der Waals surface area contributed by atoms with E-state index in [0.29, 0.717) is 12.8 Å². The third kappa shape index (κ3) is 3.58. The van der Waals surface area contributed by atoms with Crippen molar-refractivity contribution in [3.05, 3.63) is 46.2 Å². The van der Waals surface area contributed by atoms with Crippen LogP contribution in [0.25, 0.3) is 0 Å². The number of anilines is 1. The Morgan fingerprint density at radius 3 is 2.65 bits per heavy atom. The van der Waals surface area contributed by atoms with E-state index in [4.69, 9.17) is 5.11 Å². The van der Waals surface area contributed by atoms with Gasteiger partial charge >= 0.3 is 5.97 Å². The Bertz CT molecular complexity index is 622. The Morgan fingerprint density at radius 1 is 1.25 bits per heavy atom. The second-order valence-electron chi connectivity index (χ2n) is 4.16. The van der Waals surface area contributed by atoms with Gasteiger partial charge < -0.3 is 15.5 Å². The Balaban J connectivity index is 1.95. The summed E-state index contributed by atoms with van der Waals surface area (Å²) in [7, 11) is 0. The Kier molecular flexibility index (Phi) is 4.37. The molecule has 0 fully saturated rings. The smallest absolute Gasteiger partial charge is 0.335 e. The minimum absolute atomic E-state index is 0.0286. The number of aryl methyl sites for hydroxylation is 1. The van der Waals surface area contributed by atoms with Crippen molar-refractivity contribution in [2.75, 3.05) is 5.32 Å². The normalized spacial score (nSPS) is 10.2. The molecule has 5 nitrogen and oxygen atoms in total. The molecule has 0 aliphatic heterocycles. The quantitative estimate of drug-likeness (QED) is 0.739. The van der Waals surface area contributed by atoms with Gasteiger partial charge in [-0.25, -0.2) is 4.79 Å². The zero-order valence-corrected chi connectivity index (χ0v) is 11.3. The number of carboxylic acid groups (broad SMARTS) is 1. The van der Waals surface area contributed by atoms with Crippen molar-refractivity contribution in [1.82, 2.24) is 0 Å². The first-order valence-electron chi connectivity index (χ1n) is 5.95. The van der Waals surface area contributed by atoms with Crippen LogP contribution in [0.2, 0.25) is 0 Å². The molecule has 0 bridgehead atoms. The van der Waals surface area contributed by atoms with Crippen LogP contribution in [-0.2, 0) is 11.2 Å². The van der Waals surface area contributed by atoms with Gasteiger partial charge in [-0.15, -0.1) is 11.3 Å². The van der Waals surface area contributed by atoms with Crippen LogP contribution in [-0.4, -0.2) is 22.1 Å². The number of aromatic carboxylic acids is 1. The average molecular weight is 291 g/mol. The molecule has 1 heterocycles. The van der Waals surface area contributed by atoms with Crippen LogP contribution in [0, 0.1) is 0 Å². The lowest BCUT2D eigenvalue weighted by molar-refractivity contribution is -0.116. The lowest BCUT2D eigenvalue weighted by Crippen LogP contribution is -2.12. The van der Waals surface area contributed by atoms with E-state index in [0.717, 1.165) is 10.9 Å². The van der Waals surface area contributed by atoms with Crippen molar-refractivity contribution in [3.63, 3.8) is 0 Å². The molecule has 2 aromatic rings. The van der Waals surface area contributed by atoms with E-state index in [2.05, 4.69) is 5.32 Å². The summed E-state index contributed by atoms with van der Waals surface area (Å²) < 4.78 is 0. The Morgan fingerprint density at radius 2 is 2.05 bits per heavy atom. The molecule has 0 saturated heterocycles. The number of aromatic hydroxyl groups is 1. The van der Waals surface area contributed by atoms with Gasteiger partial charge in [0.2, 0.25) is 5.91 Å². The average Bonchev–Trinajstić information content (AvgIpc) is 2.91. The lowest BCUT2D eigenvalue weighted by Gasteiger charge is -2.07. The number of phenols is 1. The maximum Gasteiger partial charge on any atom is 0.335 e. The molecule has 2 rings (SSSR count). The fourth-order valence-electron chi connectivity index (χ4n) is 1.67. The zero-order valence-electron chi connectivity index (χ0n) is 10.5. The highest BCUT2D eigenvalue weighted by atomic mass is 32.1. The number of hydrogen-bond acceptors (Lipinski definition) is 4. The first-order chi connectivity index (χ1) is 9.56. The summed E-state index contributed by atoms with van der Waals surface area (Å²) in [5.74, 6) is -1.61. The lowest BCUT2D eigenvalue weighted by atomic mass is 10.2. The maximum absolute atomic E-state index is 11.7. The van der Waals surface area contributed by atoms with E-state index < -0.39 is 5.97 Å². The standard InChI is InChI=1S/C14H13NO4S/c16-12-8-9(14(18)19)3-5-11(12)15-13(17)6-4-10-2-1-7-20-10/h1-3,5,7-8,16H,4,6H2,(H,15,17)(H,18,19). The molecular formula is C14H13NO4S. The molecule has 0 saturated carbocycles. The monoisotopic (exact) mass is 291 g/mol. The highest BCUT2D eigenvalue weighted by Crippen LogP contribution is 2.24. The number of carboxylic acids is 1. The van der Waals surface area contributed by atoms with Gasteiger partial charge in [-0.3, -0.25) is 4.79 Å². The van der Waals surface area contributed by atoms with Gasteiger partial charge in [-0.05, 0) is 36.1 Å². The first-order valence-corrected chi connectivity index (χ1v) is 6.83. The number of carbonyl (C=O) groups excluding carboxylic acids is 1. The third-order valence-corrected chi connectivity index (χ3v) is 3.63. The second kappa shape index (κ2) is 6.21. The van der Waals surface area contributed by atoms with Crippen LogP contribution < -0.4 is 5.32 Å². The minimum Gasteiger partial charge on any atom is -0.506 e. The van der Waals surface area contributed by atoms with Crippen molar-refractivity contribution in [2.24, 2.45) is 0 Å². The highest BCUT2D eigenvalue weighted by Gasteiger charge is 2.10. The summed E-state index contributed by atoms with van der Waals surface area (Å²) in [6.07, 6.45) is 0.943. The Hall–Kier alpha value is -2.34. The van der Waals surface area contributed by atoms with E-state index in [9.17, 15) is 14.7 Å². The van der Waals surface area contributed by atoms with Crippen LogP contribution in [0.15, 0.2) is 35.7 Å². The molecular weight excluding hydrogens is 278 g/mol. The van der Waals surface area contributed by atoms with Gasteiger partial charge in [0.1, 0.15) is 5.75 Å². The molecule has 6 heteroatoms. The molecule has 3 N–H and O–H groups in total. The predicted molar refractivity (Wildman–Crippen MR) is 76.3 cm³/mol. The van der Waals surface area contributed by atoms with E-state index in [1.165, 1.54) is 12.1 Å². The fraction of sp³-hybridized carbons (Fsp3) is 0.143. The molecule has 1 aromatic heterocycles. The van der Waals surface area contributed by atoms with Crippen LogP contribution in [0.3, 0.4) is 0 Å². The van der Waals surface area contributed by atoms with E-state index in [1.807, 2.05) is 17.5 Å². The summed E-state index contributed by atoms with van der Waals surface area (Å²) in [4.78, 5) is 23.6. The van der Waals surface area contributed by atoms with E-state index >= 15 is 0 Å². The van der Waals surface area contributed by atoms with Crippen LogP contribution in [0.1, 0.15) is 21.7 Å². The molecule has 0 spiro atoms. The molecule has 1 amide bonds. The van der Waals surface area contributed by atoms with Crippen LogP contribution >= 0.6 is 11.3 Å². The maximum atomic E-state index is 11.7. The van der Waals surface area contributed by atoms with Gasteiger partial charge in [0.25, 0.3) is 0 Å². The van der Waals surface area contributed by atoms with Crippen molar-refractivity contribution in [2.45, 2.75) is 12.8 Å². The number of benzene rings is 1. The number of carbonyl (C=O) groups is 2. The highest BCUT2D eigenvalue weighted by molar-refractivity contribution is 7.09. The topological polar surface area (TPSA) is 86.6 Å². The van der Waals surface area contributed by atoms with E-state index in [-0.39, 0.29) is 22.9 Å². The van der Waals surface area contributed by atoms with Crippen LogP contribution in [0.5, 0.6) is 5.75 Å². The number of hydrogen-bond donors (Lipinski definition) is 3. The van der Waals surface area contributed by atoms with Gasteiger partial charge in [-0.1, -0.05) is 6.07 Å². The minimum atomic E-state index is -1.13. The molecule has 0 aliphatic carbocycles. The van der Waals surface area contributed by atoms with Crippen LogP contribution in [0.4, 0.5) is 5.69 Å². The molecule has 0 radical (unpaired) electrons. The molecule has 20 heavy (non-hydrogen) atoms. The summed E-state index contributed by atoms with van der Waals surface area (Å²) in [6.45, 7) is 0. The SMILES string of the molecule is O=C(CCc1cccs1)Nc1ccc(C(=O)O)cc1O. The molecule has 104 valence electrons. The van der Waals surface area contributed by atoms with Crippen molar-refractivity contribution in [1.29, 1.82) is 0 Å². The van der Waals surface area contributed by atoms with Gasteiger partial charge in [0, 0.05) is 11.3 Å². The molecule has 0 unspecified atom stereocenters. The van der Waals surface area contributed by atoms with Gasteiger partial charge in [0.15, 0.2) is 0 Å². The van der Waals surface area contributed by atoms with Crippen molar-refractivity contribution in [3.8, 4) is 5.75 Å². The second-order valence-corrected chi connectivity index (χ2v) is 5.20.